The summed E-state index contributed by atoms with van der Waals surface area (Å²) in [6.45, 7) is 4.90. The monoisotopic (exact) mass is 656 g/mol. The predicted octanol–water partition coefficient (Wildman–Crippen LogP) is 2.20. The smallest absolute Gasteiger partial charge is 0.256 e. The number of aliphatic hydroxyl groups is 1. The standard InChI is InChI=1S/C28H41IN4O6/c1-3-5-17-39-20-13-11-19(12-14-20)18-22-26(37)33-15-8-10-23(33)25(36)30-21(9-6-7-16-34)24(35)32-28(29,4-2)27(38)31-22/h11-14,21-23,34H,3-10,15-18H2,1-2H3,(H,30,36)(H,31,38)(H,32,35)/t21-,22-,23+,28-/m0/s1. The van der Waals surface area contributed by atoms with Crippen molar-refractivity contribution < 1.29 is 29.0 Å². The largest absolute Gasteiger partial charge is 0.494 e. The third-order valence-electron chi connectivity index (χ3n) is 7.27. The minimum Gasteiger partial charge on any atom is -0.494 e. The molecule has 0 aromatic heterocycles. The van der Waals surface area contributed by atoms with E-state index in [0.29, 0.717) is 45.3 Å². The lowest BCUT2D eigenvalue weighted by atomic mass is 10.0. The number of rotatable bonds is 11. The van der Waals surface area contributed by atoms with Crippen LogP contribution in [0.15, 0.2) is 24.3 Å². The van der Waals surface area contributed by atoms with Gasteiger partial charge in [0, 0.05) is 19.6 Å². The Kier molecular flexibility index (Phi) is 11.8. The maximum absolute atomic E-state index is 13.8. The molecule has 39 heavy (non-hydrogen) atoms. The van der Waals surface area contributed by atoms with Crippen LogP contribution in [0.2, 0.25) is 0 Å². The first-order valence-electron chi connectivity index (χ1n) is 14.0. The molecule has 0 unspecified atom stereocenters. The summed E-state index contributed by atoms with van der Waals surface area (Å²) in [5, 5.41) is 17.7. The molecule has 11 heteroatoms. The van der Waals surface area contributed by atoms with Gasteiger partial charge in [-0.05, 0) is 85.2 Å². The number of hydrogen-bond donors (Lipinski definition) is 4. The maximum Gasteiger partial charge on any atom is 0.256 e. The minimum atomic E-state index is -1.31. The van der Waals surface area contributed by atoms with E-state index in [1.807, 2.05) is 46.9 Å². The second kappa shape index (κ2) is 14.8. The Morgan fingerprint density at radius 3 is 2.44 bits per heavy atom. The number of aliphatic hydroxyl groups excluding tert-OH is 1. The van der Waals surface area contributed by atoms with Gasteiger partial charge in [0.2, 0.25) is 17.7 Å². The maximum atomic E-state index is 13.8. The van der Waals surface area contributed by atoms with E-state index in [2.05, 4.69) is 22.9 Å². The second-order valence-electron chi connectivity index (χ2n) is 10.2. The van der Waals surface area contributed by atoms with Gasteiger partial charge in [0.15, 0.2) is 3.55 Å². The van der Waals surface area contributed by atoms with Crippen LogP contribution in [-0.4, -0.2) is 75.1 Å². The molecule has 0 radical (unpaired) electrons. The number of amides is 4. The molecular weight excluding hydrogens is 615 g/mol. The number of ether oxygens (including phenoxy) is 1. The van der Waals surface area contributed by atoms with E-state index in [-0.39, 0.29) is 31.3 Å². The Balaban J connectivity index is 1.87. The van der Waals surface area contributed by atoms with Crippen molar-refractivity contribution in [1.82, 2.24) is 20.9 Å². The van der Waals surface area contributed by atoms with Gasteiger partial charge in [0.05, 0.1) is 6.61 Å². The zero-order valence-corrected chi connectivity index (χ0v) is 25.0. The predicted molar refractivity (Wildman–Crippen MR) is 155 cm³/mol. The molecule has 3 rings (SSSR count). The lowest BCUT2D eigenvalue weighted by Gasteiger charge is -2.35. The number of carbonyl (C=O) groups is 4. The number of alkyl halides is 1. The van der Waals surface area contributed by atoms with E-state index in [1.165, 1.54) is 4.90 Å². The SMILES string of the molecule is CCCCOc1ccc(C[C@@H]2NC(=O)[C@](I)(CC)NC(=O)[C@H](CCCCO)NC(=O)[C@H]3CCCN3C2=O)cc1. The van der Waals surface area contributed by atoms with Gasteiger partial charge in [0.25, 0.3) is 5.91 Å². The van der Waals surface area contributed by atoms with Crippen molar-refractivity contribution in [3.8, 4) is 5.75 Å². The third kappa shape index (κ3) is 8.29. The van der Waals surface area contributed by atoms with Crippen molar-refractivity contribution in [3.05, 3.63) is 29.8 Å². The summed E-state index contributed by atoms with van der Waals surface area (Å²) in [5.41, 5.74) is 0.840. The van der Waals surface area contributed by atoms with E-state index in [1.54, 1.807) is 6.92 Å². The van der Waals surface area contributed by atoms with Crippen LogP contribution in [0, 0.1) is 0 Å². The van der Waals surface area contributed by atoms with Gasteiger partial charge >= 0.3 is 0 Å². The van der Waals surface area contributed by atoms with Crippen LogP contribution >= 0.6 is 22.6 Å². The molecule has 0 aliphatic carbocycles. The van der Waals surface area contributed by atoms with Crippen molar-refractivity contribution in [2.24, 2.45) is 0 Å². The van der Waals surface area contributed by atoms with Crippen molar-refractivity contribution in [2.75, 3.05) is 19.8 Å². The molecule has 2 aliphatic heterocycles. The van der Waals surface area contributed by atoms with Gasteiger partial charge in [-0.1, -0.05) is 32.4 Å². The number of benzene rings is 1. The molecule has 10 nitrogen and oxygen atoms in total. The zero-order chi connectivity index (χ0) is 28.4. The van der Waals surface area contributed by atoms with Crippen molar-refractivity contribution in [3.63, 3.8) is 0 Å². The van der Waals surface area contributed by atoms with Crippen LogP contribution in [0.25, 0.3) is 0 Å². The van der Waals surface area contributed by atoms with Crippen molar-refractivity contribution in [1.29, 1.82) is 0 Å². The lowest BCUT2D eigenvalue weighted by Crippen LogP contribution is -2.64. The van der Waals surface area contributed by atoms with Gasteiger partial charge in [-0.25, -0.2) is 0 Å². The first-order valence-corrected chi connectivity index (χ1v) is 15.1. The molecule has 4 N–H and O–H groups in total. The topological polar surface area (TPSA) is 137 Å². The average Bonchev–Trinajstić information content (AvgIpc) is 3.42. The zero-order valence-electron chi connectivity index (χ0n) is 22.8. The van der Waals surface area contributed by atoms with Crippen LogP contribution in [-0.2, 0) is 25.6 Å². The second-order valence-corrected chi connectivity index (χ2v) is 12.0. The normalized spacial score (nSPS) is 26.2. The summed E-state index contributed by atoms with van der Waals surface area (Å²) in [6, 6.07) is 4.96. The Morgan fingerprint density at radius 2 is 1.77 bits per heavy atom. The van der Waals surface area contributed by atoms with Crippen LogP contribution in [0.1, 0.15) is 70.8 Å². The molecule has 4 amide bonds. The highest BCUT2D eigenvalue weighted by Gasteiger charge is 2.44. The van der Waals surface area contributed by atoms with Gasteiger partial charge in [-0.15, -0.1) is 0 Å². The van der Waals surface area contributed by atoms with Crippen LogP contribution in [0.5, 0.6) is 5.75 Å². The van der Waals surface area contributed by atoms with Crippen LogP contribution < -0.4 is 20.7 Å². The minimum absolute atomic E-state index is 0.0171. The summed E-state index contributed by atoms with van der Waals surface area (Å²) < 4.78 is 4.43. The van der Waals surface area contributed by atoms with Crippen LogP contribution in [0.4, 0.5) is 0 Å². The van der Waals surface area contributed by atoms with Gasteiger partial charge in [-0.3, -0.25) is 19.2 Å². The molecule has 1 aromatic carbocycles. The highest BCUT2D eigenvalue weighted by atomic mass is 127. The number of nitrogens with zero attached hydrogens (tertiary/aromatic N) is 1. The Morgan fingerprint density at radius 1 is 1.03 bits per heavy atom. The third-order valence-corrected chi connectivity index (χ3v) is 8.80. The molecule has 0 bridgehead atoms. The highest BCUT2D eigenvalue weighted by molar-refractivity contribution is 14.1. The van der Waals surface area contributed by atoms with Crippen molar-refractivity contribution in [2.45, 2.75) is 93.3 Å². The van der Waals surface area contributed by atoms with E-state index in [0.717, 1.165) is 24.2 Å². The quantitative estimate of drug-likeness (QED) is 0.125. The Hall–Kier alpha value is -2.41. The molecule has 0 saturated carbocycles. The molecule has 4 atom stereocenters. The highest BCUT2D eigenvalue weighted by Crippen LogP contribution is 2.25. The molecule has 1 aromatic rings. The average molecular weight is 657 g/mol. The summed E-state index contributed by atoms with van der Waals surface area (Å²) in [7, 11) is 0. The van der Waals surface area contributed by atoms with Gasteiger partial charge < -0.3 is 30.7 Å². The number of hydrogen-bond acceptors (Lipinski definition) is 6. The summed E-state index contributed by atoms with van der Waals surface area (Å²) in [4.78, 5) is 55.5. The number of nitrogens with one attached hydrogen (secondary N) is 3. The van der Waals surface area contributed by atoms with Gasteiger partial charge in [0.1, 0.15) is 23.9 Å². The molecule has 2 fully saturated rings. The van der Waals surface area contributed by atoms with E-state index < -0.39 is 33.5 Å². The van der Waals surface area contributed by atoms with Crippen LogP contribution in [0.3, 0.4) is 0 Å². The summed E-state index contributed by atoms with van der Waals surface area (Å²) in [5.74, 6) is -0.874. The fourth-order valence-electron chi connectivity index (χ4n) is 4.85. The number of fused-ring (bicyclic) bond motifs is 1. The number of carbonyl (C=O) groups excluding carboxylic acids is 4. The lowest BCUT2D eigenvalue weighted by molar-refractivity contribution is -0.143. The number of halogens is 1. The molecule has 2 saturated heterocycles. The molecular formula is C28H41IN4O6. The molecule has 0 spiro atoms. The van der Waals surface area contributed by atoms with E-state index in [4.69, 9.17) is 9.84 Å². The molecule has 2 heterocycles. The molecule has 216 valence electrons. The summed E-state index contributed by atoms with van der Waals surface area (Å²) in [6.07, 6.45) is 4.99. The fourth-order valence-corrected chi connectivity index (χ4v) is 5.27. The molecule has 2 aliphatic rings. The van der Waals surface area contributed by atoms with Gasteiger partial charge in [-0.2, -0.15) is 0 Å². The van der Waals surface area contributed by atoms with E-state index >= 15 is 0 Å². The van der Waals surface area contributed by atoms with E-state index in [9.17, 15) is 19.2 Å². The summed E-state index contributed by atoms with van der Waals surface area (Å²) >= 11 is 1.91. The Labute approximate surface area is 244 Å². The first-order chi connectivity index (χ1) is 18.7. The fraction of sp³-hybridized carbons (Fsp3) is 0.643. The van der Waals surface area contributed by atoms with Crippen molar-refractivity contribution >= 4 is 46.2 Å². The first kappa shape index (κ1) is 31.1. The number of unbranched alkanes of at least 4 members (excludes halogenated alkanes) is 2. The Bertz CT molecular complexity index is 1010.